The van der Waals surface area contributed by atoms with Crippen LogP contribution in [0, 0.1) is 16.7 Å². The third kappa shape index (κ3) is 4.60. The van der Waals surface area contributed by atoms with Crippen LogP contribution in [0.2, 0.25) is 0 Å². The van der Waals surface area contributed by atoms with E-state index >= 15 is 0 Å². The maximum Gasteiger partial charge on any atom is 0.404 e. The van der Waals surface area contributed by atoms with Gasteiger partial charge in [0.05, 0.1) is 22.8 Å². The Bertz CT molecular complexity index is 1320. The van der Waals surface area contributed by atoms with Gasteiger partial charge in [-0.15, -0.1) is 0 Å². The SMILES string of the molecule is Cn1c(=O)n(CC(C)(C)C)c2ccc(-c3cc(CN4CCC[C@H]4C(F)(F)F)ccc3C#N)nc21. The first-order valence-corrected chi connectivity index (χ1v) is 11.3. The third-order valence-corrected chi connectivity index (χ3v) is 6.22. The molecule has 1 fully saturated rings. The summed E-state index contributed by atoms with van der Waals surface area (Å²) in [6.45, 7) is 7.20. The molecule has 0 amide bonds. The van der Waals surface area contributed by atoms with Crippen LogP contribution in [0.1, 0.15) is 44.7 Å². The molecule has 1 aliphatic heterocycles. The van der Waals surface area contributed by atoms with Crippen molar-refractivity contribution in [1.82, 2.24) is 19.0 Å². The number of hydrogen-bond donors (Lipinski definition) is 0. The fraction of sp³-hybridized carbons (Fsp3) is 0.480. The van der Waals surface area contributed by atoms with E-state index in [2.05, 4.69) is 31.8 Å². The van der Waals surface area contributed by atoms with Crippen molar-refractivity contribution in [3.8, 4) is 17.3 Å². The molecule has 6 nitrogen and oxygen atoms in total. The predicted octanol–water partition coefficient (Wildman–Crippen LogP) is 4.85. The molecule has 1 aromatic carbocycles. The van der Waals surface area contributed by atoms with Gasteiger partial charge in [-0.2, -0.15) is 18.4 Å². The Balaban J connectivity index is 1.74. The monoisotopic (exact) mass is 471 g/mol. The van der Waals surface area contributed by atoms with Crippen LogP contribution in [-0.4, -0.2) is 37.8 Å². The second-order valence-electron chi connectivity index (χ2n) is 10.2. The van der Waals surface area contributed by atoms with Crippen molar-refractivity contribution in [1.29, 1.82) is 5.26 Å². The zero-order chi connectivity index (χ0) is 24.8. The summed E-state index contributed by atoms with van der Waals surface area (Å²) in [5.74, 6) is 0. The fourth-order valence-electron chi connectivity index (χ4n) is 4.67. The van der Waals surface area contributed by atoms with E-state index in [0.717, 1.165) is 0 Å². The quantitative estimate of drug-likeness (QED) is 0.546. The first-order valence-electron chi connectivity index (χ1n) is 11.3. The molecule has 2 aromatic heterocycles. The minimum atomic E-state index is -4.26. The first kappa shape index (κ1) is 24.0. The molecule has 1 aliphatic rings. The molecule has 3 aromatic rings. The Morgan fingerprint density at radius 2 is 1.91 bits per heavy atom. The minimum absolute atomic E-state index is 0.102. The second-order valence-corrected chi connectivity index (χ2v) is 10.2. The number of pyridine rings is 1. The van der Waals surface area contributed by atoms with Gasteiger partial charge in [-0.1, -0.05) is 26.8 Å². The predicted molar refractivity (Wildman–Crippen MR) is 124 cm³/mol. The molecule has 1 atom stereocenters. The fourth-order valence-corrected chi connectivity index (χ4v) is 4.67. The Morgan fingerprint density at radius 1 is 1.18 bits per heavy atom. The number of imidazole rings is 1. The topological polar surface area (TPSA) is 66.8 Å². The van der Waals surface area contributed by atoms with Crippen molar-refractivity contribution < 1.29 is 13.2 Å². The van der Waals surface area contributed by atoms with Crippen molar-refractivity contribution >= 4 is 11.2 Å². The molecule has 0 N–H and O–H groups in total. The maximum atomic E-state index is 13.4. The van der Waals surface area contributed by atoms with E-state index in [-0.39, 0.29) is 24.1 Å². The summed E-state index contributed by atoms with van der Waals surface area (Å²) in [6.07, 6.45) is -3.65. The van der Waals surface area contributed by atoms with E-state index < -0.39 is 12.2 Å². The van der Waals surface area contributed by atoms with Crippen molar-refractivity contribution in [2.24, 2.45) is 12.5 Å². The van der Waals surface area contributed by atoms with Crippen molar-refractivity contribution in [3.05, 3.63) is 51.9 Å². The standard InChI is InChI=1S/C25H28F3N5O/c1-24(2,3)15-33-20-10-9-19(30-22(20)31(4)23(33)34)18-12-16(7-8-17(18)13-29)14-32-11-5-6-21(32)25(26,27)28/h7-10,12,21H,5-6,11,14-15H2,1-4H3/t21-/m0/s1. The van der Waals surface area contributed by atoms with Crippen LogP contribution >= 0.6 is 0 Å². The Morgan fingerprint density at radius 3 is 2.56 bits per heavy atom. The molecular weight excluding hydrogens is 443 g/mol. The Labute approximate surface area is 196 Å². The molecule has 0 unspecified atom stereocenters. The summed E-state index contributed by atoms with van der Waals surface area (Å²) in [4.78, 5) is 19.0. The molecule has 180 valence electrons. The van der Waals surface area contributed by atoms with Crippen molar-refractivity contribution in [3.63, 3.8) is 0 Å². The molecule has 3 heterocycles. The van der Waals surface area contributed by atoms with Gasteiger partial charge in [0.2, 0.25) is 0 Å². The van der Waals surface area contributed by atoms with Gasteiger partial charge in [0, 0.05) is 25.7 Å². The lowest BCUT2D eigenvalue weighted by Crippen LogP contribution is -2.40. The summed E-state index contributed by atoms with van der Waals surface area (Å²) in [5.41, 5.74) is 3.03. The summed E-state index contributed by atoms with van der Waals surface area (Å²) in [7, 11) is 1.66. The molecule has 0 spiro atoms. The number of nitrogens with zero attached hydrogens (tertiary/aromatic N) is 5. The van der Waals surface area contributed by atoms with Gasteiger partial charge in [-0.05, 0) is 54.6 Å². The third-order valence-electron chi connectivity index (χ3n) is 6.22. The summed E-state index contributed by atoms with van der Waals surface area (Å²) < 4.78 is 43.3. The van der Waals surface area contributed by atoms with Crippen LogP contribution in [0.3, 0.4) is 0 Å². The normalized spacial score (nSPS) is 17.4. The number of halogens is 3. The van der Waals surface area contributed by atoms with E-state index in [1.54, 1.807) is 35.9 Å². The van der Waals surface area contributed by atoms with Gasteiger partial charge in [0.25, 0.3) is 0 Å². The number of hydrogen-bond acceptors (Lipinski definition) is 4. The average Bonchev–Trinajstić information content (AvgIpc) is 3.32. The first-order chi connectivity index (χ1) is 15.9. The van der Waals surface area contributed by atoms with Gasteiger partial charge in [-0.3, -0.25) is 14.0 Å². The summed E-state index contributed by atoms with van der Waals surface area (Å²) in [5, 5.41) is 9.65. The smallest absolute Gasteiger partial charge is 0.290 e. The molecule has 0 radical (unpaired) electrons. The number of benzene rings is 1. The highest BCUT2D eigenvalue weighted by atomic mass is 19.4. The number of likely N-dealkylation sites (tertiary alicyclic amines) is 1. The number of fused-ring (bicyclic) bond motifs is 1. The number of aryl methyl sites for hydroxylation is 1. The molecule has 0 saturated carbocycles. The molecule has 34 heavy (non-hydrogen) atoms. The maximum absolute atomic E-state index is 13.4. The highest BCUT2D eigenvalue weighted by Crippen LogP contribution is 2.34. The van der Waals surface area contributed by atoms with E-state index in [9.17, 15) is 23.2 Å². The van der Waals surface area contributed by atoms with Crippen molar-refractivity contribution in [2.75, 3.05) is 6.54 Å². The van der Waals surface area contributed by atoms with Crippen LogP contribution in [-0.2, 0) is 20.1 Å². The van der Waals surface area contributed by atoms with Crippen LogP contribution in [0.15, 0.2) is 35.1 Å². The molecule has 1 saturated heterocycles. The Kier molecular flexibility index (Phi) is 6.06. The lowest BCUT2D eigenvalue weighted by Gasteiger charge is -2.26. The van der Waals surface area contributed by atoms with Gasteiger partial charge in [0.15, 0.2) is 5.65 Å². The molecule has 0 aliphatic carbocycles. The van der Waals surface area contributed by atoms with Gasteiger partial charge >= 0.3 is 11.9 Å². The van der Waals surface area contributed by atoms with Crippen LogP contribution in [0.4, 0.5) is 13.2 Å². The molecule has 9 heteroatoms. The van der Waals surface area contributed by atoms with Gasteiger partial charge < -0.3 is 0 Å². The van der Waals surface area contributed by atoms with Crippen molar-refractivity contribution in [2.45, 2.75) is 58.9 Å². The largest absolute Gasteiger partial charge is 0.404 e. The zero-order valence-electron chi connectivity index (χ0n) is 19.8. The summed E-state index contributed by atoms with van der Waals surface area (Å²) >= 11 is 0. The van der Waals surface area contributed by atoms with Crippen LogP contribution in [0.5, 0.6) is 0 Å². The molecule has 0 bridgehead atoms. The van der Waals surface area contributed by atoms with E-state index in [1.807, 2.05) is 6.07 Å². The number of nitriles is 1. The molecular formula is C25H28F3N5O. The number of rotatable bonds is 4. The minimum Gasteiger partial charge on any atom is -0.290 e. The van der Waals surface area contributed by atoms with E-state index in [0.29, 0.717) is 53.1 Å². The second kappa shape index (κ2) is 8.58. The average molecular weight is 472 g/mol. The van der Waals surface area contributed by atoms with Crippen LogP contribution in [0.25, 0.3) is 22.4 Å². The van der Waals surface area contributed by atoms with E-state index in [1.165, 1.54) is 9.47 Å². The van der Waals surface area contributed by atoms with E-state index in [4.69, 9.17) is 0 Å². The highest BCUT2D eigenvalue weighted by Gasteiger charge is 2.45. The number of alkyl halides is 3. The summed E-state index contributed by atoms with van der Waals surface area (Å²) in [6, 6.07) is 9.34. The highest BCUT2D eigenvalue weighted by molar-refractivity contribution is 5.78. The van der Waals surface area contributed by atoms with Crippen LogP contribution < -0.4 is 5.69 Å². The van der Waals surface area contributed by atoms with Gasteiger partial charge in [0.1, 0.15) is 6.04 Å². The Hall–Kier alpha value is -3.12. The lowest BCUT2D eigenvalue weighted by molar-refractivity contribution is -0.177. The molecule has 4 rings (SSSR count). The zero-order valence-corrected chi connectivity index (χ0v) is 19.8. The lowest BCUT2D eigenvalue weighted by atomic mass is 9.97. The van der Waals surface area contributed by atoms with Gasteiger partial charge in [-0.25, -0.2) is 9.78 Å². The number of aromatic nitrogens is 3.